The van der Waals surface area contributed by atoms with E-state index in [1.54, 1.807) is 6.20 Å². The summed E-state index contributed by atoms with van der Waals surface area (Å²) in [5.41, 5.74) is 2.73. The molecule has 0 fully saturated rings. The molecule has 0 amide bonds. The lowest BCUT2D eigenvalue weighted by Gasteiger charge is -2.06. The second kappa shape index (κ2) is 4.10. The van der Waals surface area contributed by atoms with Crippen LogP contribution in [0.25, 0.3) is 0 Å². The number of aliphatic hydroxyl groups is 1. The first kappa shape index (κ1) is 10.9. The smallest absolute Gasteiger partial charge is 0.153 e. The molecule has 2 rings (SSSR count). The molecule has 1 N–H and O–H groups in total. The molecule has 1 atom stereocenters. The van der Waals surface area contributed by atoms with E-state index in [4.69, 9.17) is 4.42 Å². The summed E-state index contributed by atoms with van der Waals surface area (Å²) in [7, 11) is 0. The van der Waals surface area contributed by atoms with Crippen LogP contribution < -0.4 is 0 Å². The van der Waals surface area contributed by atoms with Gasteiger partial charge < -0.3 is 9.52 Å². The number of pyridine rings is 1. The molecule has 1 unspecified atom stereocenters. The molecule has 3 nitrogen and oxygen atoms in total. The number of hydrogen-bond donors (Lipinski definition) is 1. The van der Waals surface area contributed by atoms with Crippen molar-refractivity contribution in [2.75, 3.05) is 0 Å². The maximum atomic E-state index is 10.1. The van der Waals surface area contributed by atoms with Gasteiger partial charge in [0.15, 0.2) is 6.10 Å². The van der Waals surface area contributed by atoms with Crippen LogP contribution in [0.4, 0.5) is 0 Å². The van der Waals surface area contributed by atoms with E-state index in [0.717, 1.165) is 16.9 Å². The number of nitrogens with zero attached hydrogens (tertiary/aromatic N) is 1. The van der Waals surface area contributed by atoms with Crippen LogP contribution in [-0.2, 0) is 0 Å². The standard InChI is InChI=1S/C13H15NO2/c1-8-4-5-11(14-7-8)13(15)12-6-9(2)10(3)16-12/h4-7,13,15H,1-3H3. The van der Waals surface area contributed by atoms with Gasteiger partial charge in [-0.3, -0.25) is 4.98 Å². The summed E-state index contributed by atoms with van der Waals surface area (Å²) in [6.07, 6.45) is 0.953. The molecule has 0 aliphatic carbocycles. The van der Waals surface area contributed by atoms with Crippen LogP contribution >= 0.6 is 0 Å². The molecule has 2 aromatic rings. The zero-order valence-corrected chi connectivity index (χ0v) is 9.69. The van der Waals surface area contributed by atoms with Crippen LogP contribution in [0.3, 0.4) is 0 Å². The molecule has 0 spiro atoms. The average Bonchev–Trinajstić information content (AvgIpc) is 2.59. The Kier molecular flexibility index (Phi) is 2.79. The van der Waals surface area contributed by atoms with Gasteiger partial charge in [-0.05, 0) is 44.0 Å². The van der Waals surface area contributed by atoms with Crippen molar-refractivity contribution in [1.82, 2.24) is 4.98 Å². The van der Waals surface area contributed by atoms with E-state index in [1.807, 2.05) is 39.0 Å². The van der Waals surface area contributed by atoms with Crippen LogP contribution in [0.15, 0.2) is 28.8 Å². The van der Waals surface area contributed by atoms with Crippen LogP contribution in [0.1, 0.15) is 34.4 Å². The van der Waals surface area contributed by atoms with Gasteiger partial charge in [0, 0.05) is 6.20 Å². The van der Waals surface area contributed by atoms with Crippen LogP contribution in [0.5, 0.6) is 0 Å². The van der Waals surface area contributed by atoms with E-state index in [2.05, 4.69) is 4.98 Å². The zero-order chi connectivity index (χ0) is 11.7. The fraction of sp³-hybridized carbons (Fsp3) is 0.308. The van der Waals surface area contributed by atoms with Gasteiger partial charge in [0.05, 0.1) is 5.69 Å². The van der Waals surface area contributed by atoms with Crippen molar-refractivity contribution in [3.63, 3.8) is 0 Å². The van der Waals surface area contributed by atoms with Gasteiger partial charge >= 0.3 is 0 Å². The summed E-state index contributed by atoms with van der Waals surface area (Å²) in [4.78, 5) is 4.18. The molecule has 0 bridgehead atoms. The van der Waals surface area contributed by atoms with E-state index >= 15 is 0 Å². The van der Waals surface area contributed by atoms with Gasteiger partial charge in [-0.1, -0.05) is 6.07 Å². The number of aromatic nitrogens is 1. The van der Waals surface area contributed by atoms with E-state index in [-0.39, 0.29) is 0 Å². The molecule has 2 heterocycles. The largest absolute Gasteiger partial charge is 0.463 e. The summed E-state index contributed by atoms with van der Waals surface area (Å²) in [5.74, 6) is 1.38. The highest BCUT2D eigenvalue weighted by Gasteiger charge is 2.16. The van der Waals surface area contributed by atoms with Gasteiger partial charge in [-0.2, -0.15) is 0 Å². The van der Waals surface area contributed by atoms with Crippen molar-refractivity contribution in [2.45, 2.75) is 26.9 Å². The zero-order valence-electron chi connectivity index (χ0n) is 9.69. The third-order valence-corrected chi connectivity index (χ3v) is 2.67. The van der Waals surface area contributed by atoms with Crippen molar-refractivity contribution in [1.29, 1.82) is 0 Å². The van der Waals surface area contributed by atoms with Crippen LogP contribution in [0, 0.1) is 20.8 Å². The quantitative estimate of drug-likeness (QED) is 0.841. The number of hydrogen-bond acceptors (Lipinski definition) is 3. The molecular weight excluding hydrogens is 202 g/mol. The van der Waals surface area contributed by atoms with E-state index in [9.17, 15) is 5.11 Å². The minimum absolute atomic E-state index is 0.548. The van der Waals surface area contributed by atoms with Crippen molar-refractivity contribution < 1.29 is 9.52 Å². The monoisotopic (exact) mass is 217 g/mol. The van der Waals surface area contributed by atoms with Gasteiger partial charge in [-0.15, -0.1) is 0 Å². The Morgan fingerprint density at radius 1 is 1.25 bits per heavy atom. The number of aliphatic hydroxyl groups excluding tert-OH is 1. The highest BCUT2D eigenvalue weighted by atomic mass is 16.4. The maximum absolute atomic E-state index is 10.1. The van der Waals surface area contributed by atoms with Crippen molar-refractivity contribution >= 4 is 0 Å². The average molecular weight is 217 g/mol. The Labute approximate surface area is 94.8 Å². The second-order valence-corrected chi connectivity index (χ2v) is 4.05. The molecule has 2 aromatic heterocycles. The molecule has 0 saturated heterocycles. The third kappa shape index (κ3) is 1.99. The fourth-order valence-electron chi connectivity index (χ4n) is 1.52. The van der Waals surface area contributed by atoms with Crippen molar-refractivity contribution in [3.8, 4) is 0 Å². The summed E-state index contributed by atoms with van der Waals surface area (Å²) in [6, 6.07) is 5.59. The Morgan fingerprint density at radius 3 is 2.50 bits per heavy atom. The minimum atomic E-state index is -0.784. The van der Waals surface area contributed by atoms with Gasteiger partial charge in [0.25, 0.3) is 0 Å². The summed E-state index contributed by atoms with van der Waals surface area (Å²) < 4.78 is 5.47. The van der Waals surface area contributed by atoms with E-state index in [0.29, 0.717) is 11.5 Å². The second-order valence-electron chi connectivity index (χ2n) is 4.05. The maximum Gasteiger partial charge on any atom is 0.153 e. The Balaban J connectivity index is 2.31. The number of aryl methyl sites for hydroxylation is 3. The molecule has 0 aliphatic heterocycles. The topological polar surface area (TPSA) is 46.3 Å². The number of furan rings is 1. The molecule has 0 saturated carbocycles. The lowest BCUT2D eigenvalue weighted by atomic mass is 10.1. The Morgan fingerprint density at radius 2 is 2.00 bits per heavy atom. The minimum Gasteiger partial charge on any atom is -0.463 e. The Bertz CT molecular complexity index is 466. The van der Waals surface area contributed by atoms with Gasteiger partial charge in [0.1, 0.15) is 11.5 Å². The number of rotatable bonds is 2. The lowest BCUT2D eigenvalue weighted by Crippen LogP contribution is -2.00. The summed E-state index contributed by atoms with van der Waals surface area (Å²) in [5, 5.41) is 10.1. The first-order valence-corrected chi connectivity index (χ1v) is 5.25. The van der Waals surface area contributed by atoms with Gasteiger partial charge in [-0.25, -0.2) is 0 Å². The predicted molar refractivity (Wildman–Crippen MR) is 61.2 cm³/mol. The highest BCUT2D eigenvalue weighted by molar-refractivity contribution is 5.25. The molecular formula is C13H15NO2. The normalized spacial score (nSPS) is 12.8. The van der Waals surface area contributed by atoms with Crippen molar-refractivity contribution in [3.05, 3.63) is 52.7 Å². The summed E-state index contributed by atoms with van der Waals surface area (Å²) in [6.45, 7) is 5.80. The molecule has 0 aliphatic rings. The predicted octanol–water partition coefficient (Wildman–Crippen LogP) is 2.68. The first-order chi connectivity index (χ1) is 7.58. The van der Waals surface area contributed by atoms with E-state index < -0.39 is 6.10 Å². The molecule has 0 radical (unpaired) electrons. The van der Waals surface area contributed by atoms with E-state index in [1.165, 1.54) is 0 Å². The fourth-order valence-corrected chi connectivity index (χ4v) is 1.52. The lowest BCUT2D eigenvalue weighted by molar-refractivity contribution is 0.183. The van der Waals surface area contributed by atoms with Crippen LogP contribution in [0.2, 0.25) is 0 Å². The SMILES string of the molecule is Cc1ccc(C(O)c2cc(C)c(C)o2)nc1. The summed E-state index contributed by atoms with van der Waals surface area (Å²) >= 11 is 0. The Hall–Kier alpha value is -1.61. The molecule has 3 heteroatoms. The van der Waals surface area contributed by atoms with Gasteiger partial charge in [0.2, 0.25) is 0 Å². The molecule has 84 valence electrons. The first-order valence-electron chi connectivity index (χ1n) is 5.25. The molecule has 0 aromatic carbocycles. The van der Waals surface area contributed by atoms with Crippen LogP contribution in [-0.4, -0.2) is 10.1 Å². The third-order valence-electron chi connectivity index (χ3n) is 2.67. The molecule has 16 heavy (non-hydrogen) atoms. The highest BCUT2D eigenvalue weighted by Crippen LogP contribution is 2.24. The van der Waals surface area contributed by atoms with Crippen molar-refractivity contribution in [2.24, 2.45) is 0 Å².